The van der Waals surface area contributed by atoms with Crippen LogP contribution in [0.3, 0.4) is 0 Å². The Morgan fingerprint density at radius 1 is 1.38 bits per heavy atom. The first-order chi connectivity index (χ1) is 9.70. The van der Waals surface area contributed by atoms with Crippen LogP contribution in [0.2, 0.25) is 0 Å². The lowest BCUT2D eigenvalue weighted by Gasteiger charge is -2.12. The summed E-state index contributed by atoms with van der Waals surface area (Å²) in [6.45, 7) is 3.91. The maximum Gasteiger partial charge on any atom is 0.276 e. The van der Waals surface area contributed by atoms with Crippen LogP contribution < -0.4 is 4.74 Å². The van der Waals surface area contributed by atoms with E-state index in [9.17, 15) is 18.5 Å². The maximum atomic E-state index is 10.8. The van der Waals surface area contributed by atoms with E-state index in [1.807, 2.05) is 6.92 Å². The van der Waals surface area contributed by atoms with Gasteiger partial charge in [-0.1, -0.05) is 13.0 Å². The molecule has 21 heavy (non-hydrogen) atoms. The third-order valence-electron chi connectivity index (χ3n) is 3.17. The number of nitro benzene ring substituents is 1. The second-order valence-electron chi connectivity index (χ2n) is 4.93. The van der Waals surface area contributed by atoms with Crippen LogP contribution in [-0.2, 0) is 9.05 Å². The van der Waals surface area contributed by atoms with Crippen LogP contribution in [0, 0.1) is 23.0 Å². The average molecular weight is 336 g/mol. The standard InChI is InChI=1S/C13H18ClNO5S/c1-10(7-9-21(14,18)19)6-8-20-13-5-3-4-12(11(13)2)15(16)17/h3-5,10H,6-9H2,1-2H3. The molecule has 1 aromatic rings. The SMILES string of the molecule is Cc1c(OCCC(C)CCS(=O)(=O)Cl)cccc1[N+](=O)[O-]. The molecule has 0 radical (unpaired) electrons. The second-order valence-corrected chi connectivity index (χ2v) is 7.83. The molecule has 0 spiro atoms. The van der Waals surface area contributed by atoms with Gasteiger partial charge in [0.2, 0.25) is 9.05 Å². The van der Waals surface area contributed by atoms with Crippen LogP contribution in [0.25, 0.3) is 0 Å². The van der Waals surface area contributed by atoms with Crippen molar-refractivity contribution in [3.63, 3.8) is 0 Å². The highest BCUT2D eigenvalue weighted by atomic mass is 35.7. The first-order valence-corrected chi connectivity index (χ1v) is 8.97. The number of benzene rings is 1. The summed E-state index contributed by atoms with van der Waals surface area (Å²) in [6.07, 6.45) is 1.11. The van der Waals surface area contributed by atoms with Crippen LogP contribution in [0.1, 0.15) is 25.3 Å². The van der Waals surface area contributed by atoms with Gasteiger partial charge in [0, 0.05) is 16.7 Å². The molecule has 0 amide bonds. The number of hydrogen-bond acceptors (Lipinski definition) is 5. The zero-order valence-corrected chi connectivity index (χ0v) is 13.5. The van der Waals surface area contributed by atoms with Gasteiger partial charge in [0.1, 0.15) is 5.75 Å². The van der Waals surface area contributed by atoms with Crippen LogP contribution in [0.5, 0.6) is 5.75 Å². The molecule has 1 aromatic carbocycles. The quantitative estimate of drug-likeness (QED) is 0.413. The predicted molar refractivity (Wildman–Crippen MR) is 81.4 cm³/mol. The van der Waals surface area contributed by atoms with Gasteiger partial charge in [-0.05, 0) is 31.7 Å². The van der Waals surface area contributed by atoms with Crippen LogP contribution in [0.4, 0.5) is 5.69 Å². The van der Waals surface area contributed by atoms with Gasteiger partial charge >= 0.3 is 0 Å². The Morgan fingerprint density at radius 3 is 2.62 bits per heavy atom. The molecule has 0 aromatic heterocycles. The Labute approximate surface area is 128 Å². The molecule has 1 atom stereocenters. The average Bonchev–Trinajstić information content (AvgIpc) is 2.37. The molecule has 0 N–H and O–H groups in total. The number of nitro groups is 1. The minimum atomic E-state index is -3.46. The lowest BCUT2D eigenvalue weighted by molar-refractivity contribution is -0.385. The fourth-order valence-corrected chi connectivity index (χ4v) is 2.76. The van der Waals surface area contributed by atoms with E-state index in [0.29, 0.717) is 30.8 Å². The summed E-state index contributed by atoms with van der Waals surface area (Å²) in [6, 6.07) is 4.68. The molecule has 6 nitrogen and oxygen atoms in total. The van der Waals surface area contributed by atoms with E-state index in [-0.39, 0.29) is 17.4 Å². The van der Waals surface area contributed by atoms with Gasteiger partial charge in [0.25, 0.3) is 5.69 Å². The van der Waals surface area contributed by atoms with Gasteiger partial charge in [-0.3, -0.25) is 10.1 Å². The highest BCUT2D eigenvalue weighted by Crippen LogP contribution is 2.27. The molecular weight excluding hydrogens is 318 g/mol. The molecular formula is C13H18ClNO5S. The van der Waals surface area contributed by atoms with E-state index >= 15 is 0 Å². The number of rotatable bonds is 8. The van der Waals surface area contributed by atoms with Crippen molar-refractivity contribution in [3.8, 4) is 5.75 Å². The lowest BCUT2D eigenvalue weighted by atomic mass is 10.1. The highest BCUT2D eigenvalue weighted by Gasteiger charge is 2.14. The maximum absolute atomic E-state index is 10.8. The smallest absolute Gasteiger partial charge is 0.276 e. The Balaban J connectivity index is 2.49. The summed E-state index contributed by atoms with van der Waals surface area (Å²) in [4.78, 5) is 10.4. The van der Waals surface area contributed by atoms with E-state index in [0.717, 1.165) is 0 Å². The molecule has 118 valence electrons. The summed E-state index contributed by atoms with van der Waals surface area (Å²) in [7, 11) is 1.69. The molecule has 1 rings (SSSR count). The molecule has 0 aliphatic rings. The first-order valence-electron chi connectivity index (χ1n) is 6.50. The van der Waals surface area contributed by atoms with Gasteiger partial charge in [0.15, 0.2) is 0 Å². The number of ether oxygens (including phenoxy) is 1. The van der Waals surface area contributed by atoms with Crippen molar-refractivity contribution in [2.45, 2.75) is 26.7 Å². The Morgan fingerprint density at radius 2 is 2.05 bits per heavy atom. The van der Waals surface area contributed by atoms with Gasteiger partial charge in [-0.15, -0.1) is 0 Å². The second kappa shape index (κ2) is 7.61. The zero-order valence-electron chi connectivity index (χ0n) is 11.9. The normalized spacial score (nSPS) is 12.9. The molecule has 0 aliphatic heterocycles. The van der Waals surface area contributed by atoms with E-state index in [4.69, 9.17) is 15.4 Å². The summed E-state index contributed by atoms with van der Waals surface area (Å²) in [5.41, 5.74) is 0.507. The van der Waals surface area contributed by atoms with E-state index in [1.54, 1.807) is 19.1 Å². The molecule has 0 saturated heterocycles. The van der Waals surface area contributed by atoms with Crippen molar-refractivity contribution < 1.29 is 18.1 Å². The highest BCUT2D eigenvalue weighted by molar-refractivity contribution is 8.13. The largest absolute Gasteiger partial charge is 0.493 e. The summed E-state index contributed by atoms with van der Waals surface area (Å²) in [5.74, 6) is 0.546. The lowest BCUT2D eigenvalue weighted by Crippen LogP contribution is -2.09. The summed E-state index contributed by atoms with van der Waals surface area (Å²) in [5, 5.41) is 10.8. The Kier molecular flexibility index (Phi) is 6.42. The van der Waals surface area contributed by atoms with Gasteiger partial charge in [-0.25, -0.2) is 8.42 Å². The molecule has 0 aliphatic carbocycles. The topological polar surface area (TPSA) is 86.5 Å². The van der Waals surface area contributed by atoms with Crippen LogP contribution in [0.15, 0.2) is 18.2 Å². The van der Waals surface area contributed by atoms with Crippen molar-refractivity contribution in [1.29, 1.82) is 0 Å². The first kappa shape index (κ1) is 17.7. The van der Waals surface area contributed by atoms with Crippen LogP contribution in [-0.4, -0.2) is 25.7 Å². The summed E-state index contributed by atoms with van der Waals surface area (Å²) < 4.78 is 27.2. The van der Waals surface area contributed by atoms with Gasteiger partial charge < -0.3 is 4.74 Å². The third-order valence-corrected chi connectivity index (χ3v) is 4.36. The van der Waals surface area contributed by atoms with E-state index in [1.165, 1.54) is 6.07 Å². The molecule has 1 unspecified atom stereocenters. The molecule has 0 saturated carbocycles. The van der Waals surface area contributed by atoms with E-state index < -0.39 is 14.0 Å². The van der Waals surface area contributed by atoms with Crippen LogP contribution >= 0.6 is 10.7 Å². The van der Waals surface area contributed by atoms with E-state index in [2.05, 4.69) is 0 Å². The molecule has 0 heterocycles. The fraction of sp³-hybridized carbons (Fsp3) is 0.538. The third kappa shape index (κ3) is 6.31. The van der Waals surface area contributed by atoms with Crippen molar-refractivity contribution in [3.05, 3.63) is 33.9 Å². The van der Waals surface area contributed by atoms with Crippen molar-refractivity contribution in [2.75, 3.05) is 12.4 Å². The number of nitrogens with zero attached hydrogens (tertiary/aromatic N) is 1. The Hall–Kier alpha value is -1.34. The molecule has 0 fully saturated rings. The monoisotopic (exact) mass is 335 g/mol. The molecule has 0 bridgehead atoms. The Bertz CT molecular complexity index is 603. The fourth-order valence-electron chi connectivity index (χ4n) is 1.81. The molecule has 8 heteroatoms. The van der Waals surface area contributed by atoms with Gasteiger partial charge in [-0.2, -0.15) is 0 Å². The minimum Gasteiger partial charge on any atom is -0.493 e. The van der Waals surface area contributed by atoms with Crippen molar-refractivity contribution in [1.82, 2.24) is 0 Å². The van der Waals surface area contributed by atoms with Gasteiger partial charge in [0.05, 0.1) is 22.8 Å². The predicted octanol–water partition coefficient (Wildman–Crippen LogP) is 3.27. The zero-order chi connectivity index (χ0) is 16.0. The number of halogens is 1. The summed E-state index contributed by atoms with van der Waals surface area (Å²) >= 11 is 0. The van der Waals surface area contributed by atoms with Crippen molar-refractivity contribution >= 4 is 25.4 Å². The number of hydrogen-bond donors (Lipinski definition) is 0. The minimum absolute atomic E-state index is 0.0220. The van der Waals surface area contributed by atoms with Crippen molar-refractivity contribution in [2.24, 2.45) is 5.92 Å².